The van der Waals surface area contributed by atoms with Gasteiger partial charge in [0.1, 0.15) is 5.65 Å². The molecule has 4 aromatic rings. The summed E-state index contributed by atoms with van der Waals surface area (Å²) in [4.78, 5) is 16.7. The third kappa shape index (κ3) is 4.41. The number of imidazole rings is 1. The van der Waals surface area contributed by atoms with Gasteiger partial charge in [0.2, 0.25) is 0 Å². The van der Waals surface area contributed by atoms with E-state index in [1.807, 2.05) is 42.6 Å². The van der Waals surface area contributed by atoms with Crippen LogP contribution in [0.1, 0.15) is 24.6 Å². The van der Waals surface area contributed by atoms with Crippen molar-refractivity contribution in [1.82, 2.24) is 24.3 Å². The van der Waals surface area contributed by atoms with Crippen LogP contribution in [0.15, 0.2) is 90.8 Å². The Morgan fingerprint density at radius 2 is 1.85 bits per heavy atom. The van der Waals surface area contributed by atoms with E-state index in [-0.39, 0.29) is 0 Å². The number of rotatable bonds is 5. The smallest absolute Gasteiger partial charge is 0.159 e. The van der Waals surface area contributed by atoms with Gasteiger partial charge in [0, 0.05) is 30.1 Å². The highest BCUT2D eigenvalue weighted by Crippen LogP contribution is 2.32. The van der Waals surface area contributed by atoms with Gasteiger partial charge in [-0.1, -0.05) is 60.2 Å². The maximum Gasteiger partial charge on any atom is 0.159 e. The molecule has 0 radical (unpaired) electrons. The van der Waals surface area contributed by atoms with Crippen molar-refractivity contribution in [2.24, 2.45) is 0 Å². The van der Waals surface area contributed by atoms with E-state index >= 15 is 0 Å². The summed E-state index contributed by atoms with van der Waals surface area (Å²) in [6, 6.07) is 16.4. The number of aromatic nitrogens is 4. The number of allylic oxidation sites excluding steroid dienone is 6. The summed E-state index contributed by atoms with van der Waals surface area (Å²) in [5.41, 5.74) is 8.30. The first-order chi connectivity index (χ1) is 16.1. The lowest BCUT2D eigenvalue weighted by atomic mass is 10.1. The van der Waals surface area contributed by atoms with Crippen molar-refractivity contribution < 1.29 is 0 Å². The number of pyridine rings is 1. The van der Waals surface area contributed by atoms with Gasteiger partial charge in [-0.15, -0.1) is 0 Å². The van der Waals surface area contributed by atoms with E-state index in [2.05, 4.69) is 77.9 Å². The third-order valence-electron chi connectivity index (χ3n) is 5.68. The molecule has 5 heteroatoms. The van der Waals surface area contributed by atoms with Gasteiger partial charge in [-0.05, 0) is 51.2 Å². The van der Waals surface area contributed by atoms with Gasteiger partial charge in [0.15, 0.2) is 5.82 Å². The van der Waals surface area contributed by atoms with Crippen LogP contribution in [0, 0.1) is 0 Å². The maximum absolute atomic E-state index is 5.09. The first kappa shape index (κ1) is 21.0. The van der Waals surface area contributed by atoms with Gasteiger partial charge in [-0.2, -0.15) is 0 Å². The van der Waals surface area contributed by atoms with Crippen molar-refractivity contribution in [1.29, 1.82) is 0 Å². The van der Waals surface area contributed by atoms with Crippen molar-refractivity contribution in [2.75, 3.05) is 14.1 Å². The average Bonchev–Trinajstić information content (AvgIpc) is 3.06. The van der Waals surface area contributed by atoms with Crippen molar-refractivity contribution >= 4 is 11.2 Å². The van der Waals surface area contributed by atoms with E-state index in [0.29, 0.717) is 5.82 Å². The lowest BCUT2D eigenvalue weighted by Crippen LogP contribution is -2.10. The Morgan fingerprint density at radius 3 is 2.67 bits per heavy atom. The van der Waals surface area contributed by atoms with Crippen molar-refractivity contribution in [2.45, 2.75) is 19.9 Å². The van der Waals surface area contributed by atoms with Crippen LogP contribution in [0.25, 0.3) is 34.0 Å². The Balaban J connectivity index is 1.71. The van der Waals surface area contributed by atoms with Crippen LogP contribution in [-0.2, 0) is 6.54 Å². The Bertz CT molecular complexity index is 1390. The standard InChI is InChI=1S/C28H27N5/c1-20-8-7-11-22(13-12-20)26-27(33-17-15-21(19-32(2)3)18-25(33)31-26)24-14-16-29-28(30-24)23-9-5-4-6-10-23/h4-7,9-18H,8,19H2,1-3H3. The zero-order valence-electron chi connectivity index (χ0n) is 19.2. The Kier molecular flexibility index (Phi) is 5.71. The van der Waals surface area contributed by atoms with E-state index in [0.717, 1.165) is 46.8 Å². The molecule has 0 N–H and O–H groups in total. The zero-order valence-corrected chi connectivity index (χ0v) is 19.2. The number of hydrogen-bond acceptors (Lipinski definition) is 4. The molecule has 1 aliphatic carbocycles. The summed E-state index contributed by atoms with van der Waals surface area (Å²) in [7, 11) is 4.16. The second-order valence-electron chi connectivity index (χ2n) is 8.68. The zero-order chi connectivity index (χ0) is 22.8. The third-order valence-corrected chi connectivity index (χ3v) is 5.68. The Labute approximate surface area is 194 Å². The van der Waals surface area contributed by atoms with Crippen molar-refractivity contribution in [3.63, 3.8) is 0 Å². The molecule has 1 aromatic carbocycles. The maximum atomic E-state index is 5.09. The minimum absolute atomic E-state index is 0.708. The van der Waals surface area contributed by atoms with Gasteiger partial charge < -0.3 is 4.90 Å². The molecule has 3 aromatic heterocycles. The minimum Gasteiger partial charge on any atom is -0.305 e. The van der Waals surface area contributed by atoms with Crippen LogP contribution in [0.3, 0.4) is 0 Å². The van der Waals surface area contributed by atoms with E-state index < -0.39 is 0 Å². The van der Waals surface area contributed by atoms with Crippen LogP contribution >= 0.6 is 0 Å². The van der Waals surface area contributed by atoms with E-state index in [1.54, 1.807) is 0 Å². The van der Waals surface area contributed by atoms with Crippen LogP contribution in [0.5, 0.6) is 0 Å². The number of fused-ring (bicyclic) bond motifs is 1. The summed E-state index contributed by atoms with van der Waals surface area (Å²) in [6.45, 7) is 3.02. The van der Waals surface area contributed by atoms with E-state index in [4.69, 9.17) is 9.97 Å². The predicted molar refractivity (Wildman–Crippen MR) is 135 cm³/mol. The second kappa shape index (κ2) is 8.96. The molecule has 0 amide bonds. The van der Waals surface area contributed by atoms with Crippen LogP contribution in [0.2, 0.25) is 0 Å². The number of hydrogen-bond donors (Lipinski definition) is 0. The highest BCUT2D eigenvalue weighted by molar-refractivity contribution is 5.84. The first-order valence-electron chi connectivity index (χ1n) is 11.2. The molecule has 0 atom stereocenters. The normalized spacial score (nSPS) is 13.8. The van der Waals surface area contributed by atoms with Crippen molar-refractivity contribution in [3.05, 3.63) is 102 Å². The van der Waals surface area contributed by atoms with Gasteiger partial charge in [-0.3, -0.25) is 4.40 Å². The van der Waals surface area contributed by atoms with Gasteiger partial charge in [-0.25, -0.2) is 15.0 Å². The van der Waals surface area contributed by atoms with Crippen LogP contribution in [-0.4, -0.2) is 38.3 Å². The molecule has 5 rings (SSSR count). The molecule has 0 unspecified atom stereocenters. The molecule has 0 saturated heterocycles. The summed E-state index contributed by atoms with van der Waals surface area (Å²) in [5.74, 6) is 0.708. The van der Waals surface area contributed by atoms with Gasteiger partial charge in [0.05, 0.1) is 17.1 Å². The fourth-order valence-corrected chi connectivity index (χ4v) is 4.10. The molecule has 33 heavy (non-hydrogen) atoms. The summed E-state index contributed by atoms with van der Waals surface area (Å²) in [5, 5.41) is 0. The Hall–Kier alpha value is -3.83. The van der Waals surface area contributed by atoms with Gasteiger partial charge >= 0.3 is 0 Å². The summed E-state index contributed by atoms with van der Waals surface area (Å²) < 4.78 is 2.14. The molecule has 0 saturated carbocycles. The SMILES string of the molecule is CC1=CC=C(c2nc3cc(CN(C)C)ccn3c2-c2ccnc(-c3ccccc3)n2)C=CC1. The molecule has 3 heterocycles. The summed E-state index contributed by atoms with van der Waals surface area (Å²) in [6.07, 6.45) is 13.6. The van der Waals surface area contributed by atoms with Crippen LogP contribution < -0.4 is 0 Å². The van der Waals surface area contributed by atoms with Crippen molar-refractivity contribution in [3.8, 4) is 22.8 Å². The molecule has 0 bridgehead atoms. The lowest BCUT2D eigenvalue weighted by Gasteiger charge is -2.10. The Morgan fingerprint density at radius 1 is 1.00 bits per heavy atom. The lowest BCUT2D eigenvalue weighted by molar-refractivity contribution is 0.402. The number of benzene rings is 1. The highest BCUT2D eigenvalue weighted by atomic mass is 15.1. The average molecular weight is 434 g/mol. The summed E-state index contributed by atoms with van der Waals surface area (Å²) >= 11 is 0. The number of nitrogens with zero attached hydrogens (tertiary/aromatic N) is 5. The van der Waals surface area contributed by atoms with E-state index in [9.17, 15) is 0 Å². The second-order valence-corrected chi connectivity index (χ2v) is 8.68. The molecule has 164 valence electrons. The monoisotopic (exact) mass is 433 g/mol. The fraction of sp³-hybridized carbons (Fsp3) is 0.179. The predicted octanol–water partition coefficient (Wildman–Crippen LogP) is 5.81. The van der Waals surface area contributed by atoms with Crippen LogP contribution in [0.4, 0.5) is 0 Å². The highest BCUT2D eigenvalue weighted by Gasteiger charge is 2.19. The molecular formula is C28H27N5. The van der Waals surface area contributed by atoms with E-state index in [1.165, 1.54) is 11.1 Å². The first-order valence-corrected chi connectivity index (χ1v) is 11.2. The molecule has 0 aliphatic heterocycles. The molecule has 0 fully saturated rings. The molecule has 0 spiro atoms. The quantitative estimate of drug-likeness (QED) is 0.398. The molecule has 1 aliphatic rings. The minimum atomic E-state index is 0.708. The topological polar surface area (TPSA) is 46.3 Å². The largest absolute Gasteiger partial charge is 0.305 e. The van der Waals surface area contributed by atoms with Gasteiger partial charge in [0.25, 0.3) is 0 Å². The fourth-order valence-electron chi connectivity index (χ4n) is 4.10. The molecular weight excluding hydrogens is 406 g/mol. The molecule has 5 nitrogen and oxygen atoms in total.